The molecule has 7 atom stereocenters. The fourth-order valence-electron chi connectivity index (χ4n) is 5.94. The van der Waals surface area contributed by atoms with Crippen molar-refractivity contribution < 1.29 is 42.1 Å². The average molecular weight is 571 g/mol. The molecule has 0 spiro atoms. The number of ether oxygens (including phenoxy) is 2. The third-order valence-corrected chi connectivity index (χ3v) is 9.81. The van der Waals surface area contributed by atoms with Crippen molar-refractivity contribution in [2.75, 3.05) is 45.9 Å². The Kier molecular flexibility index (Phi) is 8.25. The lowest BCUT2D eigenvalue weighted by Gasteiger charge is -2.38. The number of rotatable bonds is 3. The lowest BCUT2D eigenvalue weighted by Crippen LogP contribution is -2.55. The number of benzene rings is 1. The van der Waals surface area contributed by atoms with Gasteiger partial charge in [0.05, 0.1) is 36.2 Å². The molecule has 1 aromatic rings. The van der Waals surface area contributed by atoms with E-state index >= 15 is 0 Å². The number of amides is 2. The van der Waals surface area contributed by atoms with Crippen molar-refractivity contribution in [1.82, 2.24) is 19.4 Å². The first-order chi connectivity index (χ1) is 18.6. The number of likely N-dealkylation sites (tertiary alicyclic amines) is 1. The van der Waals surface area contributed by atoms with Crippen LogP contribution in [-0.4, -0.2) is 133 Å². The number of morpholine rings is 1. The first kappa shape index (κ1) is 28.3. The molecule has 4 fully saturated rings. The van der Waals surface area contributed by atoms with E-state index in [0.29, 0.717) is 26.1 Å². The largest absolute Gasteiger partial charge is 0.388 e. The van der Waals surface area contributed by atoms with Gasteiger partial charge in [-0.05, 0) is 31.2 Å². The topological polar surface area (TPSA) is 149 Å². The van der Waals surface area contributed by atoms with E-state index in [1.165, 1.54) is 12.1 Å². The van der Waals surface area contributed by atoms with E-state index < -0.39 is 58.3 Å². The minimum atomic E-state index is -4.30. The van der Waals surface area contributed by atoms with Crippen molar-refractivity contribution >= 4 is 21.8 Å². The van der Waals surface area contributed by atoms with E-state index in [4.69, 9.17) is 9.47 Å². The molecule has 0 aliphatic carbocycles. The summed E-state index contributed by atoms with van der Waals surface area (Å²) in [5, 5.41) is 24.3. The molecule has 216 valence electrons. The zero-order valence-corrected chi connectivity index (χ0v) is 22.5. The number of aliphatic hydroxyl groups excluding tert-OH is 2. The van der Waals surface area contributed by atoms with Crippen molar-refractivity contribution in [3.8, 4) is 0 Å². The minimum Gasteiger partial charge on any atom is -0.388 e. The average Bonchev–Trinajstić information content (AvgIpc) is 3.43. The summed E-state index contributed by atoms with van der Waals surface area (Å²) in [5.74, 6) is -1.24. The molecular formula is C25H35FN4O8S. The molecule has 12 nitrogen and oxygen atoms in total. The molecule has 6 bridgehead atoms. The van der Waals surface area contributed by atoms with Crippen LogP contribution in [0.3, 0.4) is 0 Å². The highest BCUT2D eigenvalue weighted by Gasteiger charge is 2.47. The molecule has 2 amide bonds. The van der Waals surface area contributed by atoms with E-state index in [-0.39, 0.29) is 49.5 Å². The van der Waals surface area contributed by atoms with E-state index in [1.807, 2.05) is 11.8 Å². The number of halogens is 1. The van der Waals surface area contributed by atoms with Crippen molar-refractivity contribution in [3.63, 3.8) is 0 Å². The maximum Gasteiger partial charge on any atom is 0.243 e. The molecule has 4 saturated heterocycles. The lowest BCUT2D eigenvalue weighted by molar-refractivity contribution is -0.144. The van der Waals surface area contributed by atoms with E-state index in [9.17, 15) is 32.6 Å². The summed E-state index contributed by atoms with van der Waals surface area (Å²) in [4.78, 5) is 29.8. The van der Waals surface area contributed by atoms with E-state index in [1.54, 1.807) is 4.90 Å². The Balaban J connectivity index is 1.48. The lowest BCUT2D eigenvalue weighted by atomic mass is 10.0. The normalized spacial score (nSPS) is 35.3. The van der Waals surface area contributed by atoms with Crippen LogP contribution in [0.5, 0.6) is 0 Å². The van der Waals surface area contributed by atoms with Gasteiger partial charge in [-0.15, -0.1) is 0 Å². The predicted octanol–water partition coefficient (Wildman–Crippen LogP) is -1.48. The van der Waals surface area contributed by atoms with Gasteiger partial charge in [0.2, 0.25) is 21.8 Å². The Labute approximate surface area is 226 Å². The van der Waals surface area contributed by atoms with Crippen LogP contribution in [0.4, 0.5) is 4.39 Å². The van der Waals surface area contributed by atoms with Gasteiger partial charge >= 0.3 is 0 Å². The van der Waals surface area contributed by atoms with Crippen LogP contribution >= 0.6 is 0 Å². The zero-order valence-electron chi connectivity index (χ0n) is 21.7. The fourth-order valence-corrected chi connectivity index (χ4v) is 7.46. The van der Waals surface area contributed by atoms with Gasteiger partial charge in [-0.1, -0.05) is 13.0 Å². The van der Waals surface area contributed by atoms with Gasteiger partial charge in [0.15, 0.2) is 0 Å². The highest BCUT2D eigenvalue weighted by molar-refractivity contribution is 7.89. The third-order valence-electron chi connectivity index (χ3n) is 7.98. The number of hydrogen-bond acceptors (Lipinski definition) is 9. The molecule has 5 rings (SSSR count). The standard InChI is InChI=1S/C25H35FN4O8S/c1-2-28-11-16-9-19(28)25(34)29-6-7-37-17(12-29)13-30(39(35,36)18-5-3-4-15(26)8-18)14-21-24(33)23(32)20(38-21)10-22(31)27-16/h3-5,8,16-17,19-21,23-24,32-33H,2,6-7,9-14H2,1H3,(H,27,31)/t16-,17-,19-,20-,21+,23-,24+/m0/s1. The summed E-state index contributed by atoms with van der Waals surface area (Å²) in [7, 11) is -4.30. The molecule has 0 radical (unpaired) electrons. The summed E-state index contributed by atoms with van der Waals surface area (Å²) in [5.41, 5.74) is 0. The Morgan fingerprint density at radius 1 is 1.10 bits per heavy atom. The Bertz CT molecular complexity index is 1190. The SMILES string of the molecule is CCN1C[C@@H]2C[C@H]1C(=O)N1CCO[C@@H](C1)CN(S(=O)(=O)c1cccc(F)c1)C[C@H]1O[C@@H](CC(=O)N2)[C@H](O)[C@@H]1O. The van der Waals surface area contributed by atoms with E-state index in [0.717, 1.165) is 16.4 Å². The summed E-state index contributed by atoms with van der Waals surface area (Å²) in [6.45, 7) is 3.15. The monoisotopic (exact) mass is 570 g/mol. The van der Waals surface area contributed by atoms with Gasteiger partial charge < -0.3 is 29.9 Å². The van der Waals surface area contributed by atoms with Gasteiger partial charge in [-0.2, -0.15) is 4.31 Å². The maximum atomic E-state index is 14.0. The number of nitrogens with one attached hydrogen (secondary N) is 1. The quantitative estimate of drug-likeness (QED) is 0.396. The highest BCUT2D eigenvalue weighted by Crippen LogP contribution is 2.28. The number of sulfonamides is 1. The molecule has 3 N–H and O–H groups in total. The van der Waals surface area contributed by atoms with Crippen LogP contribution in [-0.2, 0) is 29.1 Å². The number of carbonyl (C=O) groups excluding carboxylic acids is 2. The van der Waals surface area contributed by atoms with Crippen molar-refractivity contribution in [2.45, 2.75) is 67.3 Å². The maximum absolute atomic E-state index is 14.0. The van der Waals surface area contributed by atoms with Gasteiger partial charge in [-0.3, -0.25) is 14.5 Å². The van der Waals surface area contributed by atoms with Crippen LogP contribution in [0.25, 0.3) is 0 Å². The van der Waals surface area contributed by atoms with Crippen LogP contribution < -0.4 is 5.32 Å². The second-order valence-electron chi connectivity index (χ2n) is 10.6. The molecule has 4 heterocycles. The molecule has 1 aromatic carbocycles. The van der Waals surface area contributed by atoms with Crippen molar-refractivity contribution in [1.29, 1.82) is 0 Å². The number of carbonyl (C=O) groups is 2. The van der Waals surface area contributed by atoms with Crippen LogP contribution in [0.2, 0.25) is 0 Å². The molecule has 0 saturated carbocycles. The summed E-state index contributed by atoms with van der Waals surface area (Å²) in [6, 6.07) is 3.86. The first-order valence-corrected chi connectivity index (χ1v) is 14.7. The molecule has 39 heavy (non-hydrogen) atoms. The van der Waals surface area contributed by atoms with Crippen LogP contribution in [0.15, 0.2) is 29.2 Å². The number of likely N-dealkylation sites (N-methyl/N-ethyl adjacent to an activating group) is 1. The highest BCUT2D eigenvalue weighted by atomic mass is 32.2. The first-order valence-electron chi connectivity index (χ1n) is 13.3. The van der Waals surface area contributed by atoms with Crippen molar-refractivity contribution in [2.24, 2.45) is 0 Å². The van der Waals surface area contributed by atoms with Gasteiger partial charge in [0.1, 0.15) is 24.1 Å². The van der Waals surface area contributed by atoms with E-state index in [2.05, 4.69) is 5.32 Å². The second kappa shape index (κ2) is 11.4. The smallest absolute Gasteiger partial charge is 0.243 e. The number of aliphatic hydroxyl groups is 2. The summed E-state index contributed by atoms with van der Waals surface area (Å²) in [6.07, 6.45) is -5.60. The summed E-state index contributed by atoms with van der Waals surface area (Å²) >= 11 is 0. The van der Waals surface area contributed by atoms with Crippen LogP contribution in [0.1, 0.15) is 19.8 Å². The van der Waals surface area contributed by atoms with Gasteiger partial charge in [0.25, 0.3) is 0 Å². The van der Waals surface area contributed by atoms with Crippen molar-refractivity contribution in [3.05, 3.63) is 30.1 Å². The zero-order chi connectivity index (χ0) is 27.9. The Morgan fingerprint density at radius 3 is 2.62 bits per heavy atom. The molecule has 0 aromatic heterocycles. The minimum absolute atomic E-state index is 0.109. The molecule has 4 aliphatic heterocycles. The number of hydrogen-bond donors (Lipinski definition) is 3. The number of fused-ring (bicyclic) bond motifs is 6. The van der Waals surface area contributed by atoms with Crippen LogP contribution in [0, 0.1) is 5.82 Å². The van der Waals surface area contributed by atoms with Gasteiger partial charge in [0, 0.05) is 38.8 Å². The summed E-state index contributed by atoms with van der Waals surface area (Å²) < 4.78 is 54.0. The predicted molar refractivity (Wildman–Crippen MR) is 134 cm³/mol. The van der Waals surface area contributed by atoms with Gasteiger partial charge in [-0.25, -0.2) is 12.8 Å². The third kappa shape index (κ3) is 5.82. The second-order valence-corrected chi connectivity index (χ2v) is 12.5. The Morgan fingerprint density at radius 2 is 1.87 bits per heavy atom. The fraction of sp³-hybridized carbons (Fsp3) is 0.680. The molecule has 14 heteroatoms. The number of nitrogens with zero attached hydrogens (tertiary/aromatic N) is 3. The molecule has 4 aliphatic rings. The molecular weight excluding hydrogens is 535 g/mol. The Hall–Kier alpha value is -2.20. The molecule has 0 unspecified atom stereocenters.